The van der Waals surface area contributed by atoms with Gasteiger partial charge in [0.2, 0.25) is 12.6 Å². The number of rotatable bonds is 10. The van der Waals surface area contributed by atoms with Crippen LogP contribution in [0.25, 0.3) is 6.08 Å². The van der Waals surface area contributed by atoms with Crippen LogP contribution in [0.2, 0.25) is 0 Å². The van der Waals surface area contributed by atoms with Crippen molar-refractivity contribution in [1.82, 2.24) is 0 Å². The second-order valence-electron chi connectivity index (χ2n) is 4.84. The molecule has 0 amide bonds. The van der Waals surface area contributed by atoms with Crippen LogP contribution >= 0.6 is 0 Å². The Kier molecular flexibility index (Phi) is 8.31. The zero-order valence-electron chi connectivity index (χ0n) is 14.9. The molecule has 0 aliphatic rings. The first-order valence-corrected chi connectivity index (χ1v) is 7.65. The predicted octanol–water partition coefficient (Wildman–Crippen LogP) is 3.54. The summed E-state index contributed by atoms with van der Waals surface area (Å²) in [7, 11) is 1.20. The van der Waals surface area contributed by atoms with Crippen molar-refractivity contribution in [2.24, 2.45) is 0 Å². The number of benzene rings is 1. The predicted molar refractivity (Wildman–Crippen MR) is 94.8 cm³/mol. The molecule has 0 aliphatic heterocycles. The van der Waals surface area contributed by atoms with E-state index in [-0.39, 0.29) is 5.57 Å². The van der Waals surface area contributed by atoms with E-state index in [1.54, 1.807) is 38.1 Å². The normalized spacial score (nSPS) is 12.8. The fourth-order valence-electron chi connectivity index (χ4n) is 1.91. The molecular formula is C19H21NO6. The van der Waals surface area contributed by atoms with Gasteiger partial charge < -0.3 is 23.7 Å². The quantitative estimate of drug-likeness (QED) is 0.208. The maximum atomic E-state index is 11.6. The molecule has 2 atom stereocenters. The summed E-state index contributed by atoms with van der Waals surface area (Å²) in [6, 6.07) is 6.66. The Morgan fingerprint density at radius 2 is 1.77 bits per heavy atom. The Bertz CT molecular complexity index is 719. The van der Waals surface area contributed by atoms with Gasteiger partial charge in [-0.1, -0.05) is 13.2 Å². The Morgan fingerprint density at radius 1 is 1.15 bits per heavy atom. The molecule has 0 N–H and O–H groups in total. The molecule has 0 bridgehead atoms. The second kappa shape index (κ2) is 10.5. The summed E-state index contributed by atoms with van der Waals surface area (Å²) in [5.74, 6) is 0.0374. The van der Waals surface area contributed by atoms with E-state index >= 15 is 0 Å². The van der Waals surface area contributed by atoms with E-state index in [2.05, 4.69) is 17.9 Å². The molecule has 1 aromatic carbocycles. The first-order valence-electron chi connectivity index (χ1n) is 7.65. The van der Waals surface area contributed by atoms with Crippen LogP contribution in [-0.2, 0) is 19.0 Å². The number of carbonyl (C=O) groups excluding carboxylic acids is 1. The van der Waals surface area contributed by atoms with Crippen LogP contribution in [0.1, 0.15) is 19.4 Å². The van der Waals surface area contributed by atoms with Crippen LogP contribution in [-0.4, -0.2) is 25.7 Å². The fourth-order valence-corrected chi connectivity index (χ4v) is 1.91. The van der Waals surface area contributed by atoms with Gasteiger partial charge in [-0.25, -0.2) is 4.79 Å². The average molecular weight is 359 g/mol. The van der Waals surface area contributed by atoms with Gasteiger partial charge in [-0.15, -0.1) is 0 Å². The minimum atomic E-state index is -0.748. The number of carbonyl (C=O) groups is 1. The number of nitrogens with zero attached hydrogens (tertiary/aromatic N) is 1. The molecule has 2 unspecified atom stereocenters. The van der Waals surface area contributed by atoms with Gasteiger partial charge in [-0.05, 0) is 18.2 Å². The van der Waals surface area contributed by atoms with Crippen molar-refractivity contribution in [2.75, 3.05) is 7.11 Å². The highest BCUT2D eigenvalue weighted by Gasteiger charge is 2.14. The van der Waals surface area contributed by atoms with Crippen LogP contribution in [0.15, 0.2) is 49.5 Å². The van der Waals surface area contributed by atoms with E-state index in [9.17, 15) is 4.79 Å². The minimum absolute atomic E-state index is 0.174. The summed E-state index contributed by atoms with van der Waals surface area (Å²) in [6.07, 6.45) is 2.66. The lowest BCUT2D eigenvalue weighted by Gasteiger charge is -2.18. The number of hydrogen-bond donors (Lipinski definition) is 0. The maximum absolute atomic E-state index is 11.6. The molecule has 0 spiro atoms. The highest BCUT2D eigenvalue weighted by Crippen LogP contribution is 2.29. The highest BCUT2D eigenvalue weighted by atomic mass is 16.7. The molecule has 7 nitrogen and oxygen atoms in total. The minimum Gasteiger partial charge on any atom is -0.465 e. The number of nitriles is 1. The molecule has 0 fully saturated rings. The van der Waals surface area contributed by atoms with Crippen LogP contribution in [0.5, 0.6) is 11.5 Å². The summed E-state index contributed by atoms with van der Waals surface area (Å²) < 4.78 is 26.1. The number of esters is 1. The SMILES string of the molecule is C=COC(C)Oc1ccc(/C=C(\C#N)C(=O)OC)c(OC(C)OC=C)c1. The third kappa shape index (κ3) is 6.24. The Hall–Kier alpha value is -3.40. The van der Waals surface area contributed by atoms with Gasteiger partial charge in [0.05, 0.1) is 19.6 Å². The molecule has 0 aliphatic carbocycles. The second-order valence-corrected chi connectivity index (χ2v) is 4.84. The lowest BCUT2D eigenvalue weighted by atomic mass is 10.1. The van der Waals surface area contributed by atoms with E-state index in [4.69, 9.17) is 24.2 Å². The van der Waals surface area contributed by atoms with Crippen LogP contribution < -0.4 is 9.47 Å². The van der Waals surface area contributed by atoms with Crippen molar-refractivity contribution in [1.29, 1.82) is 5.26 Å². The summed E-state index contributed by atoms with van der Waals surface area (Å²) in [6.45, 7) is 10.3. The highest BCUT2D eigenvalue weighted by molar-refractivity contribution is 5.98. The van der Waals surface area contributed by atoms with Gasteiger partial charge in [0, 0.05) is 25.5 Å². The van der Waals surface area contributed by atoms with Gasteiger partial charge in [-0.2, -0.15) is 5.26 Å². The average Bonchev–Trinajstić information content (AvgIpc) is 2.60. The van der Waals surface area contributed by atoms with Crippen LogP contribution in [0.3, 0.4) is 0 Å². The molecular weight excluding hydrogens is 338 g/mol. The zero-order chi connectivity index (χ0) is 19.5. The van der Waals surface area contributed by atoms with Gasteiger partial charge in [-0.3, -0.25) is 0 Å². The van der Waals surface area contributed by atoms with Crippen LogP contribution in [0.4, 0.5) is 0 Å². The molecule has 0 aromatic heterocycles. The standard InChI is InChI=1S/C19H21NO6/c1-6-23-13(3)25-17-9-8-15(10-16(12-20)19(21)22-5)18(11-17)26-14(4)24-7-2/h6-11,13-14H,1-2H2,3-5H3/b16-10+. The third-order valence-corrected chi connectivity index (χ3v) is 2.98. The van der Waals surface area contributed by atoms with Crippen molar-refractivity contribution in [2.45, 2.75) is 26.4 Å². The van der Waals surface area contributed by atoms with E-state index in [0.717, 1.165) is 0 Å². The molecule has 0 saturated carbocycles. The van der Waals surface area contributed by atoms with Crippen molar-refractivity contribution in [3.05, 3.63) is 55.0 Å². The molecule has 0 radical (unpaired) electrons. The first kappa shape index (κ1) is 20.6. The van der Waals surface area contributed by atoms with Gasteiger partial charge in [0.25, 0.3) is 0 Å². The Labute approximate surface area is 152 Å². The smallest absolute Gasteiger partial charge is 0.348 e. The van der Waals surface area contributed by atoms with Gasteiger partial charge in [0.1, 0.15) is 23.1 Å². The molecule has 1 rings (SSSR count). The fraction of sp³-hybridized carbons (Fsp3) is 0.263. The Balaban J connectivity index is 3.24. The molecule has 0 heterocycles. The summed E-state index contributed by atoms with van der Waals surface area (Å²) in [5, 5.41) is 9.13. The van der Waals surface area contributed by atoms with Crippen molar-refractivity contribution in [3.63, 3.8) is 0 Å². The van der Waals surface area contributed by atoms with E-state index in [0.29, 0.717) is 17.1 Å². The van der Waals surface area contributed by atoms with Crippen molar-refractivity contribution in [3.8, 4) is 17.6 Å². The monoisotopic (exact) mass is 359 g/mol. The zero-order valence-corrected chi connectivity index (χ0v) is 14.9. The first-order chi connectivity index (χ1) is 12.4. The lowest BCUT2D eigenvalue weighted by Crippen LogP contribution is -2.15. The topological polar surface area (TPSA) is 87.0 Å². The van der Waals surface area contributed by atoms with E-state index in [1.165, 1.54) is 25.7 Å². The van der Waals surface area contributed by atoms with Gasteiger partial charge in [0.15, 0.2) is 0 Å². The third-order valence-electron chi connectivity index (χ3n) is 2.98. The lowest BCUT2D eigenvalue weighted by molar-refractivity contribution is -0.135. The van der Waals surface area contributed by atoms with E-state index < -0.39 is 18.5 Å². The van der Waals surface area contributed by atoms with E-state index in [1.807, 2.05) is 0 Å². The molecule has 0 saturated heterocycles. The summed E-state index contributed by atoms with van der Waals surface area (Å²) in [4.78, 5) is 11.6. The Morgan fingerprint density at radius 3 is 2.31 bits per heavy atom. The summed E-state index contributed by atoms with van der Waals surface area (Å²) in [5.41, 5.74) is 0.294. The number of ether oxygens (including phenoxy) is 5. The number of methoxy groups -OCH3 is 1. The van der Waals surface area contributed by atoms with Crippen molar-refractivity contribution >= 4 is 12.0 Å². The maximum Gasteiger partial charge on any atom is 0.348 e. The summed E-state index contributed by atoms with van der Waals surface area (Å²) >= 11 is 0. The van der Waals surface area contributed by atoms with Crippen molar-refractivity contribution < 1.29 is 28.5 Å². The molecule has 1 aromatic rings. The van der Waals surface area contributed by atoms with Crippen LogP contribution in [0, 0.1) is 11.3 Å². The molecule has 7 heteroatoms. The largest absolute Gasteiger partial charge is 0.465 e. The number of hydrogen-bond acceptors (Lipinski definition) is 7. The van der Waals surface area contributed by atoms with Gasteiger partial charge >= 0.3 is 5.97 Å². The molecule has 138 valence electrons. The molecule has 26 heavy (non-hydrogen) atoms.